The predicted molar refractivity (Wildman–Crippen MR) is 149 cm³/mol. The number of aliphatic carboxylic acids is 1. The van der Waals surface area contributed by atoms with E-state index in [4.69, 9.17) is 4.99 Å². The first-order valence-corrected chi connectivity index (χ1v) is 12.6. The Hall–Kier alpha value is -3.29. The fourth-order valence-corrected chi connectivity index (χ4v) is 4.10. The van der Waals surface area contributed by atoms with E-state index in [-0.39, 0.29) is 17.9 Å². The van der Waals surface area contributed by atoms with Gasteiger partial charge >= 0.3 is 5.97 Å². The fourth-order valence-electron chi connectivity index (χ4n) is 3.84. The van der Waals surface area contributed by atoms with E-state index in [2.05, 4.69) is 26.6 Å². The molecule has 188 valence electrons. The standard InChI is InChI=1S/C29H32BrN3O3/c1-19(33-29(2,3)4)27(34)32-24-13-9-8-12-23(24)26(21-10-6-5-7-11-21)31-25(28(35)36)18-20-14-16-22(30)17-15-20/h5-17,19,25,33H,18H2,1-4H3,(H,32,34)(H,35,36)/t19-,25-/m0/s1. The summed E-state index contributed by atoms with van der Waals surface area (Å²) in [5.74, 6) is -1.20. The van der Waals surface area contributed by atoms with Crippen LogP contribution in [0.4, 0.5) is 5.69 Å². The molecule has 0 heterocycles. The van der Waals surface area contributed by atoms with Crippen LogP contribution in [0.15, 0.2) is 88.3 Å². The number of aliphatic imine (C=N–C) groups is 1. The number of carboxylic acids is 1. The van der Waals surface area contributed by atoms with E-state index in [0.29, 0.717) is 17.0 Å². The highest BCUT2D eigenvalue weighted by Crippen LogP contribution is 2.23. The number of amides is 1. The van der Waals surface area contributed by atoms with Crippen molar-refractivity contribution < 1.29 is 14.7 Å². The molecule has 36 heavy (non-hydrogen) atoms. The molecule has 7 heteroatoms. The highest BCUT2D eigenvalue weighted by atomic mass is 79.9. The summed E-state index contributed by atoms with van der Waals surface area (Å²) in [6.45, 7) is 7.82. The number of anilines is 1. The molecule has 3 N–H and O–H groups in total. The van der Waals surface area contributed by atoms with Gasteiger partial charge in [-0.15, -0.1) is 0 Å². The predicted octanol–water partition coefficient (Wildman–Crippen LogP) is 5.70. The normalized spacial score (nSPS) is 13.6. The third-order valence-corrected chi connectivity index (χ3v) is 5.97. The first-order valence-electron chi connectivity index (χ1n) is 11.8. The Labute approximate surface area is 221 Å². The lowest BCUT2D eigenvalue weighted by Gasteiger charge is -2.26. The fraction of sp³-hybridized carbons (Fsp3) is 0.276. The van der Waals surface area contributed by atoms with Crippen molar-refractivity contribution in [2.75, 3.05) is 5.32 Å². The van der Waals surface area contributed by atoms with Gasteiger partial charge < -0.3 is 15.7 Å². The molecule has 6 nitrogen and oxygen atoms in total. The van der Waals surface area contributed by atoms with Gasteiger partial charge in [0.05, 0.1) is 17.4 Å². The Morgan fingerprint density at radius 1 is 0.944 bits per heavy atom. The summed E-state index contributed by atoms with van der Waals surface area (Å²) in [5, 5.41) is 16.3. The lowest BCUT2D eigenvalue weighted by Crippen LogP contribution is -2.48. The van der Waals surface area contributed by atoms with Gasteiger partial charge in [0.25, 0.3) is 0 Å². The number of carbonyl (C=O) groups excluding carboxylic acids is 1. The van der Waals surface area contributed by atoms with E-state index in [1.165, 1.54) is 0 Å². The Morgan fingerprint density at radius 2 is 1.56 bits per heavy atom. The van der Waals surface area contributed by atoms with Crippen LogP contribution in [0.5, 0.6) is 0 Å². The molecule has 0 spiro atoms. The van der Waals surface area contributed by atoms with Gasteiger partial charge in [-0.1, -0.05) is 76.6 Å². The molecule has 0 unspecified atom stereocenters. The topological polar surface area (TPSA) is 90.8 Å². The number of carbonyl (C=O) groups is 2. The second kappa shape index (κ2) is 12.1. The van der Waals surface area contributed by atoms with Crippen LogP contribution in [0.25, 0.3) is 0 Å². The summed E-state index contributed by atoms with van der Waals surface area (Å²) in [6.07, 6.45) is 0.236. The van der Waals surface area contributed by atoms with Crippen LogP contribution in [0.2, 0.25) is 0 Å². The number of nitrogens with one attached hydrogen (secondary N) is 2. The van der Waals surface area contributed by atoms with Crippen molar-refractivity contribution in [3.63, 3.8) is 0 Å². The van der Waals surface area contributed by atoms with E-state index >= 15 is 0 Å². The Kier molecular flexibility index (Phi) is 9.18. The third kappa shape index (κ3) is 7.86. The molecule has 0 aliphatic carbocycles. The highest BCUT2D eigenvalue weighted by Gasteiger charge is 2.23. The van der Waals surface area contributed by atoms with E-state index in [1.54, 1.807) is 6.07 Å². The minimum atomic E-state index is -1.02. The summed E-state index contributed by atoms with van der Waals surface area (Å²) >= 11 is 3.41. The minimum Gasteiger partial charge on any atom is -0.480 e. The zero-order valence-electron chi connectivity index (χ0n) is 21.0. The van der Waals surface area contributed by atoms with Crippen molar-refractivity contribution in [3.05, 3.63) is 100 Å². The maximum absolute atomic E-state index is 13.0. The van der Waals surface area contributed by atoms with Crippen LogP contribution in [-0.4, -0.2) is 40.3 Å². The summed E-state index contributed by atoms with van der Waals surface area (Å²) < 4.78 is 0.923. The molecular weight excluding hydrogens is 518 g/mol. The molecule has 0 aliphatic heterocycles. The van der Waals surface area contributed by atoms with Gasteiger partial charge in [0.15, 0.2) is 6.04 Å². The van der Waals surface area contributed by atoms with Crippen LogP contribution in [0.1, 0.15) is 44.4 Å². The average molecular weight is 550 g/mol. The number of hydrogen-bond donors (Lipinski definition) is 3. The molecular formula is C29H32BrN3O3. The van der Waals surface area contributed by atoms with E-state index in [1.807, 2.05) is 100 Å². The van der Waals surface area contributed by atoms with Crippen LogP contribution >= 0.6 is 15.9 Å². The number of benzene rings is 3. The molecule has 3 aromatic rings. The van der Waals surface area contributed by atoms with Crippen molar-refractivity contribution in [1.29, 1.82) is 0 Å². The average Bonchev–Trinajstić information content (AvgIpc) is 2.83. The summed E-state index contributed by atoms with van der Waals surface area (Å²) in [6, 6.07) is 22.9. The maximum atomic E-state index is 13.0. The van der Waals surface area contributed by atoms with Crippen LogP contribution in [0, 0.1) is 0 Å². The third-order valence-electron chi connectivity index (χ3n) is 5.44. The van der Waals surface area contributed by atoms with Gasteiger partial charge in [-0.05, 0) is 51.5 Å². The molecule has 0 aromatic heterocycles. The number of nitrogens with zero attached hydrogens (tertiary/aromatic N) is 1. The molecule has 1 amide bonds. The highest BCUT2D eigenvalue weighted by molar-refractivity contribution is 9.10. The summed E-state index contributed by atoms with van der Waals surface area (Å²) in [5.41, 5.74) is 3.14. The second-order valence-electron chi connectivity index (χ2n) is 9.68. The molecule has 3 rings (SSSR count). The molecule has 0 radical (unpaired) electrons. The summed E-state index contributed by atoms with van der Waals surface area (Å²) in [7, 11) is 0. The molecule has 0 bridgehead atoms. The number of para-hydroxylation sites is 1. The second-order valence-corrected chi connectivity index (χ2v) is 10.6. The van der Waals surface area contributed by atoms with Crippen LogP contribution < -0.4 is 10.6 Å². The SMILES string of the molecule is C[C@H](NC(C)(C)C)C(=O)Nc1ccccc1C(=N[C@@H](Cc1ccc(Br)cc1)C(=O)O)c1ccccc1. The zero-order chi connectivity index (χ0) is 26.3. The van der Waals surface area contributed by atoms with Gasteiger partial charge in [0.1, 0.15) is 0 Å². The van der Waals surface area contributed by atoms with Gasteiger partial charge in [0, 0.05) is 27.6 Å². The van der Waals surface area contributed by atoms with Crippen LogP contribution in [-0.2, 0) is 16.0 Å². The van der Waals surface area contributed by atoms with Gasteiger partial charge in [0.2, 0.25) is 5.91 Å². The first-order chi connectivity index (χ1) is 17.0. The number of hydrogen-bond acceptors (Lipinski definition) is 4. The van der Waals surface area contributed by atoms with Crippen molar-refractivity contribution in [2.24, 2.45) is 4.99 Å². The van der Waals surface area contributed by atoms with E-state index in [0.717, 1.165) is 15.6 Å². The monoisotopic (exact) mass is 549 g/mol. The molecule has 0 saturated carbocycles. The van der Waals surface area contributed by atoms with Crippen molar-refractivity contribution in [2.45, 2.75) is 51.7 Å². The lowest BCUT2D eigenvalue weighted by atomic mass is 9.99. The lowest BCUT2D eigenvalue weighted by molar-refractivity contribution is -0.138. The molecule has 0 saturated heterocycles. The largest absolute Gasteiger partial charge is 0.480 e. The number of rotatable bonds is 9. The minimum absolute atomic E-state index is 0.186. The first kappa shape index (κ1) is 27.3. The molecule has 3 aromatic carbocycles. The van der Waals surface area contributed by atoms with Gasteiger partial charge in [-0.25, -0.2) is 4.79 Å². The molecule has 2 atom stereocenters. The van der Waals surface area contributed by atoms with E-state index in [9.17, 15) is 14.7 Å². The maximum Gasteiger partial charge on any atom is 0.328 e. The summed E-state index contributed by atoms with van der Waals surface area (Å²) in [4.78, 5) is 30.0. The Morgan fingerprint density at radius 3 is 2.17 bits per heavy atom. The van der Waals surface area contributed by atoms with Gasteiger partial charge in [-0.3, -0.25) is 9.79 Å². The van der Waals surface area contributed by atoms with Crippen molar-refractivity contribution >= 4 is 39.2 Å². The number of carboxylic acid groups (broad SMARTS) is 1. The zero-order valence-corrected chi connectivity index (χ0v) is 22.5. The Balaban J connectivity index is 2.03. The van der Waals surface area contributed by atoms with Crippen LogP contribution in [0.3, 0.4) is 0 Å². The smallest absolute Gasteiger partial charge is 0.328 e. The van der Waals surface area contributed by atoms with E-state index < -0.39 is 18.1 Å². The number of halogens is 1. The molecule has 0 fully saturated rings. The van der Waals surface area contributed by atoms with Crippen molar-refractivity contribution in [1.82, 2.24) is 5.32 Å². The van der Waals surface area contributed by atoms with Crippen molar-refractivity contribution in [3.8, 4) is 0 Å². The molecule has 0 aliphatic rings. The van der Waals surface area contributed by atoms with Gasteiger partial charge in [-0.2, -0.15) is 0 Å². The quantitative estimate of drug-likeness (QED) is 0.298. The Bertz CT molecular complexity index is 1220.